The molecule has 0 saturated carbocycles. The lowest BCUT2D eigenvalue weighted by atomic mass is 9.60. The lowest BCUT2D eigenvalue weighted by molar-refractivity contribution is -0.144. The molecule has 11 nitrogen and oxygen atoms in total. The van der Waals surface area contributed by atoms with Gasteiger partial charge in [-0.1, -0.05) is 30.3 Å². The standard InChI is InChI=1S/C29H26FN3O8/c30-21-14-8-12-7-13-9-17(34)20(27(31)39)26(38)29(13,41)25(37)18(12)23(35)19(14)24(36)22-15(21)10-32-16(28(40)33-22)6-11-4-2-1-3-5-11/h1-5,12-13,16,32,34,36-37,41H,6-10H2,(H2,31,39)(H,33,40)/t12-,13+,16+,29+/m1/s1. The molecule has 2 amide bonds. The summed E-state index contributed by atoms with van der Waals surface area (Å²) in [6, 6.07) is 8.37. The summed E-state index contributed by atoms with van der Waals surface area (Å²) in [5.74, 6) is -9.43. The number of phenolic OH excluding ortho intramolecular Hbond substituents is 1. The second kappa shape index (κ2) is 9.25. The number of primary amides is 1. The van der Waals surface area contributed by atoms with E-state index in [1.54, 1.807) is 0 Å². The third kappa shape index (κ3) is 3.78. The van der Waals surface area contributed by atoms with Crippen LogP contribution in [0.3, 0.4) is 0 Å². The minimum absolute atomic E-state index is 0.0403. The largest absolute Gasteiger partial charge is 0.511 e. The van der Waals surface area contributed by atoms with E-state index in [1.807, 2.05) is 30.3 Å². The van der Waals surface area contributed by atoms with Gasteiger partial charge < -0.3 is 36.8 Å². The Morgan fingerprint density at radius 3 is 2.46 bits per heavy atom. The normalized spacial score (nSPS) is 27.4. The molecule has 41 heavy (non-hydrogen) atoms. The zero-order chi connectivity index (χ0) is 29.4. The molecule has 0 fully saturated rings. The summed E-state index contributed by atoms with van der Waals surface area (Å²) in [5, 5.41) is 49.5. The van der Waals surface area contributed by atoms with E-state index in [9.17, 15) is 39.6 Å². The van der Waals surface area contributed by atoms with Crippen LogP contribution in [-0.2, 0) is 33.8 Å². The van der Waals surface area contributed by atoms with E-state index in [2.05, 4.69) is 10.6 Å². The molecule has 1 aliphatic heterocycles. The van der Waals surface area contributed by atoms with Crippen molar-refractivity contribution in [1.82, 2.24) is 5.32 Å². The van der Waals surface area contributed by atoms with Crippen LogP contribution in [0.1, 0.15) is 39.9 Å². The highest BCUT2D eigenvalue weighted by Crippen LogP contribution is 2.53. The van der Waals surface area contributed by atoms with Gasteiger partial charge in [-0.15, -0.1) is 0 Å². The van der Waals surface area contributed by atoms with Gasteiger partial charge in [-0.3, -0.25) is 19.2 Å². The number of aliphatic hydroxyl groups is 3. The van der Waals surface area contributed by atoms with Crippen molar-refractivity contribution < 1.29 is 44.0 Å². The van der Waals surface area contributed by atoms with Crippen LogP contribution in [0.25, 0.3) is 0 Å². The van der Waals surface area contributed by atoms with Crippen LogP contribution in [-0.4, -0.2) is 55.4 Å². The van der Waals surface area contributed by atoms with Crippen molar-refractivity contribution in [2.75, 3.05) is 5.32 Å². The monoisotopic (exact) mass is 563 g/mol. The first-order chi connectivity index (χ1) is 19.4. The number of halogens is 1. The van der Waals surface area contributed by atoms with Gasteiger partial charge in [-0.2, -0.15) is 0 Å². The van der Waals surface area contributed by atoms with E-state index in [0.717, 1.165) is 5.56 Å². The number of allylic oxidation sites excluding steroid dienone is 2. The van der Waals surface area contributed by atoms with Crippen molar-refractivity contribution in [3.63, 3.8) is 0 Å². The maximum Gasteiger partial charge on any atom is 0.255 e. The number of fused-ring (bicyclic) bond motifs is 4. The van der Waals surface area contributed by atoms with Crippen LogP contribution in [0, 0.1) is 17.7 Å². The molecular formula is C29H26FN3O8. The molecule has 0 spiro atoms. The van der Waals surface area contributed by atoms with Gasteiger partial charge in [-0.25, -0.2) is 4.39 Å². The Labute approximate surface area is 232 Å². The van der Waals surface area contributed by atoms with Crippen molar-refractivity contribution in [3.05, 3.63) is 81.1 Å². The number of nitrogens with one attached hydrogen (secondary N) is 2. The van der Waals surface area contributed by atoms with Gasteiger partial charge in [0.25, 0.3) is 5.91 Å². The van der Waals surface area contributed by atoms with Gasteiger partial charge in [0.1, 0.15) is 22.9 Å². The summed E-state index contributed by atoms with van der Waals surface area (Å²) in [6.45, 7) is -0.128. The number of ketones is 2. The molecule has 0 bridgehead atoms. The summed E-state index contributed by atoms with van der Waals surface area (Å²) in [7, 11) is 0. The topological polar surface area (TPSA) is 199 Å². The Morgan fingerprint density at radius 1 is 1.07 bits per heavy atom. The quantitative estimate of drug-likeness (QED) is 0.213. The maximum absolute atomic E-state index is 16.0. The summed E-state index contributed by atoms with van der Waals surface area (Å²) in [4.78, 5) is 51.7. The van der Waals surface area contributed by atoms with Gasteiger partial charge in [-0.05, 0) is 30.7 Å². The molecule has 0 radical (unpaired) electrons. The van der Waals surface area contributed by atoms with Gasteiger partial charge in [0.15, 0.2) is 17.1 Å². The van der Waals surface area contributed by atoms with E-state index in [-0.39, 0.29) is 49.0 Å². The third-order valence-electron chi connectivity index (χ3n) is 8.63. The Morgan fingerprint density at radius 2 is 1.78 bits per heavy atom. The fourth-order valence-corrected chi connectivity index (χ4v) is 6.61. The molecule has 1 heterocycles. The Bertz CT molecular complexity index is 1630. The predicted octanol–water partition coefficient (Wildman–Crippen LogP) is 1.37. The van der Waals surface area contributed by atoms with Gasteiger partial charge >= 0.3 is 0 Å². The molecule has 12 heteroatoms. The van der Waals surface area contributed by atoms with Crippen LogP contribution < -0.4 is 16.4 Å². The average Bonchev–Trinajstić information content (AvgIpc) is 3.08. The van der Waals surface area contributed by atoms with E-state index >= 15 is 4.39 Å². The lowest BCUT2D eigenvalue weighted by Crippen LogP contribution is -2.57. The molecule has 8 N–H and O–H groups in total. The molecule has 4 atom stereocenters. The minimum atomic E-state index is -2.72. The fourth-order valence-electron chi connectivity index (χ4n) is 6.61. The van der Waals surface area contributed by atoms with E-state index in [1.165, 1.54) is 0 Å². The molecule has 2 aromatic rings. The summed E-state index contributed by atoms with van der Waals surface area (Å²) < 4.78 is 16.0. The molecule has 212 valence electrons. The van der Waals surface area contributed by atoms with Crippen LogP contribution in [0.5, 0.6) is 5.75 Å². The van der Waals surface area contributed by atoms with Gasteiger partial charge in [0.2, 0.25) is 11.7 Å². The smallest absolute Gasteiger partial charge is 0.255 e. The number of benzene rings is 2. The molecule has 3 aliphatic carbocycles. The fraction of sp³-hybridized carbons (Fsp3) is 0.310. The van der Waals surface area contributed by atoms with Crippen molar-refractivity contribution in [3.8, 4) is 5.75 Å². The number of anilines is 1. The zero-order valence-corrected chi connectivity index (χ0v) is 21.5. The number of hydrogen-bond acceptors (Lipinski definition) is 9. The van der Waals surface area contributed by atoms with E-state index < -0.39 is 86.7 Å². The van der Waals surface area contributed by atoms with Crippen molar-refractivity contribution in [1.29, 1.82) is 0 Å². The molecule has 0 aromatic heterocycles. The lowest BCUT2D eigenvalue weighted by Gasteiger charge is -2.45. The third-order valence-corrected chi connectivity index (χ3v) is 8.63. The Kier molecular flexibility index (Phi) is 6.01. The highest BCUT2D eigenvalue weighted by Gasteiger charge is 2.60. The number of amides is 2. The first kappa shape index (κ1) is 26.7. The minimum Gasteiger partial charge on any atom is -0.511 e. The number of carbonyl (C=O) groups is 4. The number of rotatable bonds is 3. The Balaban J connectivity index is 1.42. The highest BCUT2D eigenvalue weighted by atomic mass is 19.1. The van der Waals surface area contributed by atoms with E-state index in [4.69, 9.17) is 5.73 Å². The number of carbonyl (C=O) groups excluding carboxylic acids is 4. The molecule has 0 saturated heterocycles. The van der Waals surface area contributed by atoms with Crippen LogP contribution >= 0.6 is 0 Å². The number of aromatic hydroxyl groups is 1. The van der Waals surface area contributed by atoms with Crippen molar-refractivity contribution >= 4 is 29.1 Å². The highest BCUT2D eigenvalue weighted by molar-refractivity contribution is 6.24. The van der Waals surface area contributed by atoms with Crippen molar-refractivity contribution in [2.45, 2.75) is 43.9 Å². The van der Waals surface area contributed by atoms with Crippen LogP contribution in [0.2, 0.25) is 0 Å². The summed E-state index contributed by atoms with van der Waals surface area (Å²) in [5.41, 5.74) is 1.09. The molecule has 6 rings (SSSR count). The number of hydrogen-bond donors (Lipinski definition) is 7. The Hall–Kier alpha value is -4.55. The van der Waals surface area contributed by atoms with Gasteiger partial charge in [0, 0.05) is 35.6 Å². The second-order valence-electron chi connectivity index (χ2n) is 10.9. The maximum atomic E-state index is 16.0. The predicted molar refractivity (Wildman–Crippen MR) is 140 cm³/mol. The van der Waals surface area contributed by atoms with Crippen LogP contribution in [0.15, 0.2) is 53.0 Å². The summed E-state index contributed by atoms with van der Waals surface area (Å²) >= 11 is 0. The molecule has 4 aliphatic rings. The molecule has 0 unspecified atom stereocenters. The second-order valence-corrected chi connectivity index (χ2v) is 10.9. The number of Topliss-reactive ketones (excluding diaryl/α,β-unsaturated/α-hetero) is 2. The van der Waals surface area contributed by atoms with Gasteiger partial charge in [0.05, 0.1) is 17.3 Å². The van der Waals surface area contributed by atoms with Crippen LogP contribution in [0.4, 0.5) is 10.1 Å². The van der Waals surface area contributed by atoms with E-state index in [0.29, 0.717) is 0 Å². The number of nitrogens with two attached hydrogens (primary N) is 1. The molecule has 2 aromatic carbocycles. The number of aliphatic hydroxyl groups excluding tert-OH is 2. The average molecular weight is 564 g/mol. The zero-order valence-electron chi connectivity index (χ0n) is 21.5. The summed E-state index contributed by atoms with van der Waals surface area (Å²) in [6.07, 6.45) is -0.393. The SMILES string of the molecule is NC(=O)C1=C(O)C[C@@H]2C[C@@H]3Cc4c(F)c5c(c(O)c4C(=O)C3=C(O)[C@]2(O)C1=O)NC(=O)[C@H](Cc1ccccc1)NC5. The number of phenols is 1. The first-order valence-electron chi connectivity index (χ1n) is 13.1. The molecular weight excluding hydrogens is 537 g/mol. The van der Waals surface area contributed by atoms with Crippen molar-refractivity contribution in [2.24, 2.45) is 17.6 Å². The first-order valence-corrected chi connectivity index (χ1v) is 13.1.